The van der Waals surface area contributed by atoms with Gasteiger partial charge in [-0.25, -0.2) is 4.79 Å². The molecule has 0 aromatic rings. The molecule has 0 heterocycles. The van der Waals surface area contributed by atoms with Crippen LogP contribution in [0.4, 0.5) is 4.79 Å². The maximum Gasteiger partial charge on any atom is 0 e. The number of carbonyl (C=O) groups is 1. The Morgan fingerprint density at radius 1 is 1.33 bits per heavy atom. The predicted octanol–water partition coefficient (Wildman–Crippen LogP) is -0.429. The van der Waals surface area contributed by atoms with Crippen molar-refractivity contribution in [1.82, 2.24) is 0 Å². The Bertz CT molecular complexity index is 33.8. The van der Waals surface area contributed by atoms with Gasteiger partial charge in [0.2, 0.25) is 0 Å². The molecule has 6 heavy (non-hydrogen) atoms. The fourth-order valence-electron chi connectivity index (χ4n) is 0. The van der Waals surface area contributed by atoms with Crippen LogP contribution < -0.4 is 0 Å². The Balaban J connectivity index is -0.0000000450. The molecule has 0 aromatic heterocycles. The van der Waals surface area contributed by atoms with Crippen LogP contribution in [-0.2, 0) is 18.6 Å². The summed E-state index contributed by atoms with van der Waals surface area (Å²) in [5.41, 5.74) is 0. The second kappa shape index (κ2) is 9.29. The minimum atomic E-state index is -1.83. The van der Waals surface area contributed by atoms with Crippen molar-refractivity contribution in [3.8, 4) is 0 Å². The third-order valence-electron chi connectivity index (χ3n) is 0. The van der Waals surface area contributed by atoms with Gasteiger partial charge in [0.25, 0.3) is 0 Å². The third-order valence-corrected chi connectivity index (χ3v) is 0. The summed E-state index contributed by atoms with van der Waals surface area (Å²) in [4.78, 5) is 8.56. The van der Waals surface area contributed by atoms with Gasteiger partial charge in [-0.15, -0.1) is 0 Å². The summed E-state index contributed by atoms with van der Waals surface area (Å²) < 4.78 is 0. The monoisotopic (exact) mass is 137 g/mol. The Kier molecular flexibility index (Phi) is 24.5. The van der Waals surface area contributed by atoms with E-state index in [9.17, 15) is 0 Å². The first-order chi connectivity index (χ1) is 1.73. The third kappa shape index (κ3) is 98.8. The SMILES string of the molecule is O=C(O)O.[NaH].[V]. The molecule has 2 N–H and O–H groups in total. The molecule has 0 aliphatic rings. The van der Waals surface area contributed by atoms with Crippen molar-refractivity contribution in [3.63, 3.8) is 0 Å². The molecule has 0 saturated carbocycles. The summed E-state index contributed by atoms with van der Waals surface area (Å²) in [5.74, 6) is 0. The van der Waals surface area contributed by atoms with Gasteiger partial charge in [-0.3, -0.25) is 0 Å². The Labute approximate surface area is 68.9 Å². The molecule has 0 bridgehead atoms. The summed E-state index contributed by atoms with van der Waals surface area (Å²) in [6.07, 6.45) is -1.83. The molecule has 0 aromatic carbocycles. The van der Waals surface area contributed by atoms with E-state index in [1.807, 2.05) is 0 Å². The van der Waals surface area contributed by atoms with Crippen LogP contribution in [0.25, 0.3) is 0 Å². The normalized spacial score (nSPS) is 4.00. The van der Waals surface area contributed by atoms with E-state index in [0.29, 0.717) is 0 Å². The van der Waals surface area contributed by atoms with Crippen LogP contribution in [-0.4, -0.2) is 45.9 Å². The quantitative estimate of drug-likeness (QED) is 0.445. The maximum absolute atomic E-state index is 8.56. The van der Waals surface area contributed by atoms with Crippen LogP contribution in [0.1, 0.15) is 0 Å². The average molecular weight is 137 g/mol. The van der Waals surface area contributed by atoms with Crippen LogP contribution in [0.2, 0.25) is 0 Å². The van der Waals surface area contributed by atoms with Crippen LogP contribution >= 0.6 is 0 Å². The van der Waals surface area contributed by atoms with Gasteiger partial charge in [-0.05, 0) is 0 Å². The van der Waals surface area contributed by atoms with Crippen molar-refractivity contribution >= 4 is 35.7 Å². The van der Waals surface area contributed by atoms with Crippen LogP contribution in [0.3, 0.4) is 0 Å². The average Bonchev–Trinajstić information content (AvgIpc) is 0.811. The van der Waals surface area contributed by atoms with E-state index in [2.05, 4.69) is 0 Å². The maximum atomic E-state index is 8.56. The van der Waals surface area contributed by atoms with Crippen LogP contribution in [0.5, 0.6) is 0 Å². The number of hydrogen-bond donors (Lipinski definition) is 2. The molecular weight excluding hydrogens is 134 g/mol. The standard InChI is InChI=1S/CH2O3.Na.V.H/c2-1(3)4;;;/h(H2,2,3,4);;;. The Morgan fingerprint density at radius 2 is 1.33 bits per heavy atom. The molecule has 0 fully saturated rings. The molecule has 0 rings (SSSR count). The first kappa shape index (κ1) is 15.8. The van der Waals surface area contributed by atoms with Crippen LogP contribution in [0, 0.1) is 0 Å². The summed E-state index contributed by atoms with van der Waals surface area (Å²) in [7, 11) is 0. The van der Waals surface area contributed by atoms with Gasteiger partial charge >= 0.3 is 35.7 Å². The van der Waals surface area contributed by atoms with E-state index in [-0.39, 0.29) is 48.1 Å². The number of hydrogen-bond acceptors (Lipinski definition) is 1. The van der Waals surface area contributed by atoms with Crippen molar-refractivity contribution in [2.24, 2.45) is 0 Å². The molecule has 0 unspecified atom stereocenters. The fraction of sp³-hybridized carbons (Fsp3) is 0. The smallest absolute Gasteiger partial charge is 0 e. The van der Waals surface area contributed by atoms with Gasteiger partial charge in [0.05, 0.1) is 0 Å². The largest absolute Gasteiger partial charge is 0 e. The summed E-state index contributed by atoms with van der Waals surface area (Å²) in [5, 5.41) is 13.9. The molecule has 0 saturated heterocycles. The second-order valence-electron chi connectivity index (χ2n) is 0.283. The van der Waals surface area contributed by atoms with Crippen LogP contribution in [0.15, 0.2) is 0 Å². The zero-order valence-corrected chi connectivity index (χ0v) is 3.65. The summed E-state index contributed by atoms with van der Waals surface area (Å²) in [6.45, 7) is 0. The van der Waals surface area contributed by atoms with Gasteiger partial charge in [0.15, 0.2) is 0 Å². The molecule has 5 heteroatoms. The minimum absolute atomic E-state index is 0. The topological polar surface area (TPSA) is 57.5 Å². The van der Waals surface area contributed by atoms with E-state index in [4.69, 9.17) is 15.0 Å². The van der Waals surface area contributed by atoms with Gasteiger partial charge in [0, 0.05) is 18.6 Å². The first-order valence-corrected chi connectivity index (χ1v) is 0.651. The summed E-state index contributed by atoms with van der Waals surface area (Å²) >= 11 is 0. The molecular formula is CH3NaO3V. The summed E-state index contributed by atoms with van der Waals surface area (Å²) in [6, 6.07) is 0. The van der Waals surface area contributed by atoms with Crippen molar-refractivity contribution in [1.29, 1.82) is 0 Å². The molecule has 0 amide bonds. The Morgan fingerprint density at radius 3 is 1.33 bits per heavy atom. The molecule has 0 aliphatic carbocycles. The van der Waals surface area contributed by atoms with Crippen molar-refractivity contribution in [2.75, 3.05) is 0 Å². The molecule has 0 aliphatic heterocycles. The van der Waals surface area contributed by atoms with Gasteiger partial charge in [0.1, 0.15) is 0 Å². The first-order valence-electron chi connectivity index (χ1n) is 0.651. The molecule has 31 valence electrons. The van der Waals surface area contributed by atoms with Crippen molar-refractivity contribution in [3.05, 3.63) is 0 Å². The predicted molar refractivity (Wildman–Crippen MR) is 17.8 cm³/mol. The van der Waals surface area contributed by atoms with Crippen molar-refractivity contribution in [2.45, 2.75) is 0 Å². The van der Waals surface area contributed by atoms with Gasteiger partial charge in [-0.1, -0.05) is 0 Å². The molecule has 0 spiro atoms. The number of carboxylic acid groups (broad SMARTS) is 2. The zero-order valence-electron chi connectivity index (χ0n) is 2.25. The minimum Gasteiger partial charge on any atom is 0 e. The molecule has 0 atom stereocenters. The van der Waals surface area contributed by atoms with E-state index in [1.54, 1.807) is 0 Å². The van der Waals surface area contributed by atoms with E-state index in [1.165, 1.54) is 0 Å². The van der Waals surface area contributed by atoms with Crippen molar-refractivity contribution < 1.29 is 33.6 Å². The fourth-order valence-corrected chi connectivity index (χ4v) is 0. The zero-order chi connectivity index (χ0) is 3.58. The number of rotatable bonds is 0. The van der Waals surface area contributed by atoms with E-state index in [0.717, 1.165) is 0 Å². The van der Waals surface area contributed by atoms with Gasteiger partial charge < -0.3 is 10.2 Å². The molecule has 1 radical (unpaired) electrons. The molecule has 3 nitrogen and oxygen atoms in total. The second-order valence-corrected chi connectivity index (χ2v) is 0.283. The van der Waals surface area contributed by atoms with E-state index >= 15 is 0 Å². The van der Waals surface area contributed by atoms with E-state index < -0.39 is 6.16 Å². The van der Waals surface area contributed by atoms with Gasteiger partial charge in [-0.2, -0.15) is 0 Å². The Hall–Kier alpha value is 0.854.